The summed E-state index contributed by atoms with van der Waals surface area (Å²) in [7, 11) is 0. The van der Waals surface area contributed by atoms with Crippen molar-refractivity contribution in [1.82, 2.24) is 0 Å². The van der Waals surface area contributed by atoms with Crippen molar-refractivity contribution in [1.29, 1.82) is 0 Å². The zero-order valence-electron chi connectivity index (χ0n) is 9.12. The highest BCUT2D eigenvalue weighted by molar-refractivity contribution is 9.10. The zero-order valence-corrected chi connectivity index (χ0v) is 10.7. The van der Waals surface area contributed by atoms with E-state index in [2.05, 4.69) is 15.9 Å². The van der Waals surface area contributed by atoms with Gasteiger partial charge in [0.15, 0.2) is 0 Å². The second kappa shape index (κ2) is 5.45. The molecule has 2 aromatic rings. The molecule has 2 aromatic carbocycles. The number of hydrogen-bond donors (Lipinski definition) is 2. The van der Waals surface area contributed by atoms with E-state index in [0.29, 0.717) is 11.1 Å². The van der Waals surface area contributed by atoms with Crippen LogP contribution in [-0.4, -0.2) is 10.2 Å². The average molecular weight is 293 g/mol. The van der Waals surface area contributed by atoms with Crippen LogP contribution in [0.5, 0.6) is 0 Å². The van der Waals surface area contributed by atoms with Gasteiger partial charge >= 0.3 is 0 Å². The van der Waals surface area contributed by atoms with Crippen LogP contribution >= 0.6 is 15.9 Å². The van der Waals surface area contributed by atoms with E-state index in [9.17, 15) is 10.2 Å². The standard InChI is InChI=1S/C14H13BrO2/c15-12-8-6-11(7-9-12)14(17)13(16)10-4-2-1-3-5-10/h1-9,13-14,16-17H/t13-,14-/m1/s1. The van der Waals surface area contributed by atoms with E-state index in [0.717, 1.165) is 4.47 Å². The summed E-state index contributed by atoms with van der Waals surface area (Å²) in [6, 6.07) is 16.4. The lowest BCUT2D eigenvalue weighted by Gasteiger charge is -2.18. The van der Waals surface area contributed by atoms with E-state index in [-0.39, 0.29) is 0 Å². The maximum Gasteiger partial charge on any atom is 0.109 e. The number of aliphatic hydroxyl groups is 2. The highest BCUT2D eigenvalue weighted by Crippen LogP contribution is 2.28. The number of benzene rings is 2. The fraction of sp³-hybridized carbons (Fsp3) is 0.143. The first-order valence-corrected chi connectivity index (χ1v) is 6.14. The Hall–Kier alpha value is -1.16. The first-order chi connectivity index (χ1) is 8.18. The molecular formula is C14H13BrO2. The van der Waals surface area contributed by atoms with Crippen molar-refractivity contribution in [3.8, 4) is 0 Å². The van der Waals surface area contributed by atoms with E-state index in [4.69, 9.17) is 0 Å². The quantitative estimate of drug-likeness (QED) is 0.912. The van der Waals surface area contributed by atoms with Gasteiger partial charge in [-0.2, -0.15) is 0 Å². The molecule has 0 heterocycles. The van der Waals surface area contributed by atoms with E-state index < -0.39 is 12.2 Å². The highest BCUT2D eigenvalue weighted by Gasteiger charge is 2.19. The lowest BCUT2D eigenvalue weighted by atomic mass is 9.98. The number of hydrogen-bond acceptors (Lipinski definition) is 2. The molecular weight excluding hydrogens is 280 g/mol. The Morgan fingerprint density at radius 3 is 1.71 bits per heavy atom. The highest BCUT2D eigenvalue weighted by atomic mass is 79.9. The fourth-order valence-electron chi connectivity index (χ4n) is 1.67. The van der Waals surface area contributed by atoms with E-state index in [1.807, 2.05) is 30.3 Å². The first kappa shape index (κ1) is 12.3. The van der Waals surface area contributed by atoms with Gasteiger partial charge in [0.25, 0.3) is 0 Å². The second-order valence-corrected chi connectivity index (χ2v) is 4.77. The Labute approximate surface area is 109 Å². The minimum absolute atomic E-state index is 0.699. The fourth-order valence-corrected chi connectivity index (χ4v) is 1.94. The van der Waals surface area contributed by atoms with Crippen molar-refractivity contribution in [3.63, 3.8) is 0 Å². The Morgan fingerprint density at radius 2 is 1.18 bits per heavy atom. The van der Waals surface area contributed by atoms with Crippen molar-refractivity contribution in [2.24, 2.45) is 0 Å². The SMILES string of the molecule is O[C@H](c1ccccc1)[C@H](O)c1ccc(Br)cc1. The lowest BCUT2D eigenvalue weighted by Crippen LogP contribution is -2.10. The van der Waals surface area contributed by atoms with Gasteiger partial charge in [-0.1, -0.05) is 58.4 Å². The molecule has 0 bridgehead atoms. The Morgan fingerprint density at radius 1 is 0.706 bits per heavy atom. The molecule has 88 valence electrons. The second-order valence-electron chi connectivity index (χ2n) is 3.85. The largest absolute Gasteiger partial charge is 0.385 e. The Kier molecular flexibility index (Phi) is 3.94. The molecule has 2 rings (SSSR count). The average Bonchev–Trinajstić information content (AvgIpc) is 2.39. The monoisotopic (exact) mass is 292 g/mol. The van der Waals surface area contributed by atoms with Crippen LogP contribution in [0, 0.1) is 0 Å². The normalized spacial score (nSPS) is 14.3. The third kappa shape index (κ3) is 2.94. The molecule has 17 heavy (non-hydrogen) atoms. The molecule has 2 N–H and O–H groups in total. The molecule has 0 aliphatic carbocycles. The van der Waals surface area contributed by atoms with Crippen LogP contribution in [0.25, 0.3) is 0 Å². The Bertz CT molecular complexity index is 467. The summed E-state index contributed by atoms with van der Waals surface area (Å²) in [6.07, 6.45) is -1.82. The van der Waals surface area contributed by atoms with Crippen LogP contribution < -0.4 is 0 Å². The lowest BCUT2D eigenvalue weighted by molar-refractivity contribution is 0.0172. The van der Waals surface area contributed by atoms with Gasteiger partial charge in [0.1, 0.15) is 12.2 Å². The molecule has 0 aliphatic rings. The maximum atomic E-state index is 10.1. The van der Waals surface area contributed by atoms with Crippen LogP contribution in [0.15, 0.2) is 59.1 Å². The van der Waals surface area contributed by atoms with Crippen LogP contribution in [-0.2, 0) is 0 Å². The number of rotatable bonds is 3. The van der Waals surface area contributed by atoms with Gasteiger partial charge in [-0.05, 0) is 23.3 Å². The van der Waals surface area contributed by atoms with Crippen LogP contribution in [0.2, 0.25) is 0 Å². The van der Waals surface area contributed by atoms with Crippen LogP contribution in [0.1, 0.15) is 23.3 Å². The van der Waals surface area contributed by atoms with E-state index in [1.54, 1.807) is 24.3 Å². The van der Waals surface area contributed by atoms with Gasteiger partial charge in [-0.15, -0.1) is 0 Å². The molecule has 0 aliphatic heterocycles. The summed E-state index contributed by atoms with van der Waals surface area (Å²) in [5.41, 5.74) is 1.41. The smallest absolute Gasteiger partial charge is 0.109 e. The molecule has 0 aromatic heterocycles. The van der Waals surface area contributed by atoms with E-state index >= 15 is 0 Å². The molecule has 2 atom stereocenters. The predicted octanol–water partition coefficient (Wildman–Crippen LogP) is 3.22. The first-order valence-electron chi connectivity index (χ1n) is 5.35. The minimum Gasteiger partial charge on any atom is -0.385 e. The molecule has 0 amide bonds. The number of halogens is 1. The maximum absolute atomic E-state index is 10.1. The molecule has 0 unspecified atom stereocenters. The molecule has 0 spiro atoms. The van der Waals surface area contributed by atoms with Gasteiger partial charge < -0.3 is 10.2 Å². The molecule has 0 fully saturated rings. The van der Waals surface area contributed by atoms with Crippen molar-refractivity contribution in [3.05, 3.63) is 70.2 Å². The summed E-state index contributed by atoms with van der Waals surface area (Å²) in [6.45, 7) is 0. The topological polar surface area (TPSA) is 40.5 Å². The third-order valence-corrected chi connectivity index (χ3v) is 3.18. The van der Waals surface area contributed by atoms with E-state index in [1.165, 1.54) is 0 Å². The summed E-state index contributed by atoms with van der Waals surface area (Å²) < 4.78 is 0.947. The van der Waals surface area contributed by atoms with Crippen molar-refractivity contribution < 1.29 is 10.2 Å². The molecule has 0 radical (unpaired) electrons. The predicted molar refractivity (Wildman–Crippen MR) is 70.5 cm³/mol. The number of aliphatic hydroxyl groups excluding tert-OH is 2. The van der Waals surface area contributed by atoms with Gasteiger partial charge in [0, 0.05) is 4.47 Å². The molecule has 2 nitrogen and oxygen atoms in total. The van der Waals surface area contributed by atoms with Gasteiger partial charge in [0.05, 0.1) is 0 Å². The third-order valence-electron chi connectivity index (χ3n) is 2.65. The summed E-state index contributed by atoms with van der Waals surface area (Å²) >= 11 is 3.33. The summed E-state index contributed by atoms with van der Waals surface area (Å²) in [4.78, 5) is 0. The van der Waals surface area contributed by atoms with Gasteiger partial charge in [0.2, 0.25) is 0 Å². The Balaban J connectivity index is 2.20. The zero-order chi connectivity index (χ0) is 12.3. The van der Waals surface area contributed by atoms with Crippen LogP contribution in [0.4, 0.5) is 0 Å². The molecule has 0 saturated heterocycles. The van der Waals surface area contributed by atoms with Crippen molar-refractivity contribution in [2.75, 3.05) is 0 Å². The van der Waals surface area contributed by atoms with Gasteiger partial charge in [-0.3, -0.25) is 0 Å². The van der Waals surface area contributed by atoms with Crippen molar-refractivity contribution in [2.45, 2.75) is 12.2 Å². The van der Waals surface area contributed by atoms with Gasteiger partial charge in [-0.25, -0.2) is 0 Å². The summed E-state index contributed by atoms with van der Waals surface area (Å²) in [5.74, 6) is 0. The molecule has 3 heteroatoms. The minimum atomic E-state index is -0.912. The van der Waals surface area contributed by atoms with Crippen molar-refractivity contribution >= 4 is 15.9 Å². The summed E-state index contributed by atoms with van der Waals surface area (Å²) in [5, 5.41) is 20.1. The molecule has 0 saturated carbocycles. The van der Waals surface area contributed by atoms with Crippen LogP contribution in [0.3, 0.4) is 0 Å².